The van der Waals surface area contributed by atoms with Crippen LogP contribution in [0.1, 0.15) is 63.9 Å². The molecule has 0 saturated heterocycles. The molecule has 1 aromatic carbocycles. The quantitative estimate of drug-likeness (QED) is 0.298. The summed E-state index contributed by atoms with van der Waals surface area (Å²) >= 11 is 0. The van der Waals surface area contributed by atoms with Crippen molar-refractivity contribution < 1.29 is 19.1 Å². The fourth-order valence-corrected chi connectivity index (χ4v) is 2.81. The van der Waals surface area contributed by atoms with Crippen molar-refractivity contribution in [3.63, 3.8) is 0 Å². The summed E-state index contributed by atoms with van der Waals surface area (Å²) in [7, 11) is 2.52. The number of unbranched alkanes of at least 4 members (excludes halogenated alkanes) is 7. The van der Waals surface area contributed by atoms with Gasteiger partial charge in [0.2, 0.25) is 0 Å². The smallest absolute Gasteiger partial charge is 0.354 e. The standard InChI is InChI=1S/C22H33NO4/c1-4-5-6-7-8-9-10-11-12-18-13-15-19(16-14-18)23-20(22(25)27-3)17-21(24)26-2/h13-17,23H,4-12H2,1-3H3/b20-17+. The fourth-order valence-electron chi connectivity index (χ4n) is 2.81. The van der Waals surface area contributed by atoms with Crippen LogP contribution < -0.4 is 5.32 Å². The molecule has 1 rings (SSSR count). The van der Waals surface area contributed by atoms with Gasteiger partial charge in [0.15, 0.2) is 0 Å². The number of carbonyl (C=O) groups excluding carboxylic acids is 2. The number of aryl methyl sites for hydroxylation is 1. The first kappa shape index (κ1) is 22.7. The number of methoxy groups -OCH3 is 2. The molecule has 0 saturated carbocycles. The van der Waals surface area contributed by atoms with Gasteiger partial charge in [0.1, 0.15) is 5.70 Å². The molecule has 0 heterocycles. The highest BCUT2D eigenvalue weighted by Gasteiger charge is 2.12. The van der Waals surface area contributed by atoms with Crippen LogP contribution in [-0.4, -0.2) is 26.2 Å². The van der Waals surface area contributed by atoms with Gasteiger partial charge in [0, 0.05) is 5.69 Å². The molecule has 0 fully saturated rings. The van der Waals surface area contributed by atoms with Gasteiger partial charge in [0.25, 0.3) is 0 Å². The minimum atomic E-state index is -0.622. The summed E-state index contributed by atoms with van der Waals surface area (Å²) in [5.74, 6) is -1.24. The average molecular weight is 376 g/mol. The molecule has 1 N–H and O–H groups in total. The molecule has 0 aromatic heterocycles. The number of rotatable bonds is 13. The maximum absolute atomic E-state index is 11.8. The average Bonchev–Trinajstić information content (AvgIpc) is 2.69. The van der Waals surface area contributed by atoms with E-state index in [0.717, 1.165) is 18.2 Å². The number of esters is 2. The van der Waals surface area contributed by atoms with Gasteiger partial charge in [-0.3, -0.25) is 0 Å². The highest BCUT2D eigenvalue weighted by atomic mass is 16.5. The summed E-state index contributed by atoms with van der Waals surface area (Å²) in [4.78, 5) is 23.1. The number of carbonyl (C=O) groups is 2. The lowest BCUT2D eigenvalue weighted by molar-refractivity contribution is -0.138. The number of hydrogen-bond acceptors (Lipinski definition) is 5. The molecule has 0 radical (unpaired) electrons. The molecular weight excluding hydrogens is 342 g/mol. The molecule has 0 aliphatic heterocycles. The van der Waals surface area contributed by atoms with Crippen molar-refractivity contribution in [3.8, 4) is 0 Å². The molecule has 150 valence electrons. The van der Waals surface area contributed by atoms with Crippen LogP contribution in [0.15, 0.2) is 36.0 Å². The second kappa shape index (κ2) is 13.8. The van der Waals surface area contributed by atoms with E-state index in [9.17, 15) is 9.59 Å². The third kappa shape index (κ3) is 9.83. The van der Waals surface area contributed by atoms with E-state index < -0.39 is 11.9 Å². The Kier molecular flexibility index (Phi) is 11.7. The monoisotopic (exact) mass is 375 g/mol. The largest absolute Gasteiger partial charge is 0.466 e. The number of hydrogen-bond donors (Lipinski definition) is 1. The third-order valence-electron chi connectivity index (χ3n) is 4.42. The van der Waals surface area contributed by atoms with Gasteiger partial charge in [-0.25, -0.2) is 9.59 Å². The summed E-state index contributed by atoms with van der Waals surface area (Å²) in [6, 6.07) is 7.87. The molecule has 0 spiro atoms. The van der Waals surface area contributed by atoms with Crippen molar-refractivity contribution in [2.45, 2.75) is 64.7 Å². The molecule has 5 nitrogen and oxygen atoms in total. The van der Waals surface area contributed by atoms with Crippen LogP contribution in [0.5, 0.6) is 0 Å². The van der Waals surface area contributed by atoms with Crippen molar-refractivity contribution in [2.75, 3.05) is 19.5 Å². The molecule has 0 amide bonds. The van der Waals surface area contributed by atoms with Crippen molar-refractivity contribution in [2.24, 2.45) is 0 Å². The molecule has 0 bridgehead atoms. The maximum atomic E-state index is 11.8. The molecule has 0 aliphatic carbocycles. The van der Waals surface area contributed by atoms with E-state index in [1.54, 1.807) is 0 Å². The van der Waals surface area contributed by atoms with Crippen molar-refractivity contribution in [1.82, 2.24) is 0 Å². The minimum Gasteiger partial charge on any atom is -0.466 e. The first-order chi connectivity index (χ1) is 13.1. The summed E-state index contributed by atoms with van der Waals surface area (Å²) < 4.78 is 9.24. The van der Waals surface area contributed by atoms with Gasteiger partial charge in [0.05, 0.1) is 20.3 Å². The lowest BCUT2D eigenvalue weighted by Gasteiger charge is -2.10. The van der Waals surface area contributed by atoms with Gasteiger partial charge in [-0.1, -0.05) is 64.0 Å². The van der Waals surface area contributed by atoms with E-state index in [4.69, 9.17) is 0 Å². The molecule has 0 unspecified atom stereocenters. The molecule has 1 aromatic rings. The van der Waals surface area contributed by atoms with Crippen LogP contribution in [0.3, 0.4) is 0 Å². The third-order valence-corrected chi connectivity index (χ3v) is 4.42. The van der Waals surface area contributed by atoms with E-state index in [-0.39, 0.29) is 5.70 Å². The van der Waals surface area contributed by atoms with Crippen LogP contribution in [0.25, 0.3) is 0 Å². The fraction of sp³-hybridized carbons (Fsp3) is 0.545. The van der Waals surface area contributed by atoms with E-state index in [1.807, 2.05) is 24.3 Å². The zero-order chi connectivity index (χ0) is 19.9. The lowest BCUT2D eigenvalue weighted by atomic mass is 10.0. The van der Waals surface area contributed by atoms with E-state index >= 15 is 0 Å². The number of nitrogens with one attached hydrogen (secondary N) is 1. The van der Waals surface area contributed by atoms with Crippen LogP contribution >= 0.6 is 0 Å². The molecule has 27 heavy (non-hydrogen) atoms. The Bertz CT molecular complexity index is 593. The Balaban J connectivity index is 2.42. The molecule has 5 heteroatoms. The van der Waals surface area contributed by atoms with Gasteiger partial charge in [-0.2, -0.15) is 0 Å². The van der Waals surface area contributed by atoms with Gasteiger partial charge < -0.3 is 14.8 Å². The van der Waals surface area contributed by atoms with Crippen molar-refractivity contribution in [1.29, 1.82) is 0 Å². The van der Waals surface area contributed by atoms with Gasteiger partial charge in [-0.15, -0.1) is 0 Å². The predicted molar refractivity (Wildman–Crippen MR) is 108 cm³/mol. The Morgan fingerprint density at radius 2 is 1.48 bits per heavy atom. The minimum absolute atomic E-state index is 0.0418. The van der Waals surface area contributed by atoms with Crippen molar-refractivity contribution >= 4 is 17.6 Å². The highest BCUT2D eigenvalue weighted by Crippen LogP contribution is 2.16. The summed E-state index contributed by atoms with van der Waals surface area (Å²) in [5.41, 5.74) is 2.03. The first-order valence-corrected chi connectivity index (χ1v) is 9.84. The zero-order valence-corrected chi connectivity index (χ0v) is 16.9. The Hall–Kier alpha value is -2.30. The highest BCUT2D eigenvalue weighted by molar-refractivity contribution is 5.98. The maximum Gasteiger partial charge on any atom is 0.354 e. The molecule has 0 atom stereocenters. The van der Waals surface area contributed by atoms with Gasteiger partial charge >= 0.3 is 11.9 Å². The summed E-state index contributed by atoms with van der Waals surface area (Å²) in [6.45, 7) is 2.24. The first-order valence-electron chi connectivity index (χ1n) is 9.84. The predicted octanol–water partition coefficient (Wildman–Crippen LogP) is 5.01. The summed E-state index contributed by atoms with van der Waals surface area (Å²) in [5, 5.41) is 2.91. The van der Waals surface area contributed by atoms with E-state index in [1.165, 1.54) is 71.1 Å². The molecule has 0 aliphatic rings. The lowest BCUT2D eigenvalue weighted by Crippen LogP contribution is -2.15. The molecular formula is C22H33NO4. The number of ether oxygens (including phenoxy) is 2. The SMILES string of the molecule is CCCCCCCCCCc1ccc(N/C(=C/C(=O)OC)C(=O)OC)cc1. The van der Waals surface area contributed by atoms with E-state index in [2.05, 4.69) is 21.7 Å². The second-order valence-corrected chi connectivity index (χ2v) is 6.62. The van der Waals surface area contributed by atoms with E-state index in [0.29, 0.717) is 0 Å². The van der Waals surface area contributed by atoms with Crippen LogP contribution in [-0.2, 0) is 25.5 Å². The Morgan fingerprint density at radius 3 is 2.04 bits per heavy atom. The van der Waals surface area contributed by atoms with Gasteiger partial charge in [-0.05, 0) is 30.5 Å². The van der Waals surface area contributed by atoms with Crippen molar-refractivity contribution in [3.05, 3.63) is 41.6 Å². The zero-order valence-electron chi connectivity index (χ0n) is 16.9. The number of benzene rings is 1. The van der Waals surface area contributed by atoms with Crippen LogP contribution in [0.4, 0.5) is 5.69 Å². The summed E-state index contributed by atoms with van der Waals surface area (Å²) in [6.07, 6.45) is 12.6. The topological polar surface area (TPSA) is 64.6 Å². The normalized spacial score (nSPS) is 11.1. The Morgan fingerprint density at radius 1 is 0.889 bits per heavy atom. The second-order valence-electron chi connectivity index (χ2n) is 6.62. The van der Waals surface area contributed by atoms with Crippen LogP contribution in [0, 0.1) is 0 Å². The Labute approximate surface area is 163 Å². The van der Waals surface area contributed by atoms with Crippen LogP contribution in [0.2, 0.25) is 0 Å². The number of anilines is 1.